The van der Waals surface area contributed by atoms with Crippen LogP contribution in [0.3, 0.4) is 0 Å². The molecule has 39 heavy (non-hydrogen) atoms. The molecule has 3 aromatic carbocycles. The molecule has 4 aliphatic heterocycles. The van der Waals surface area contributed by atoms with E-state index in [1.807, 2.05) is 36.4 Å². The van der Waals surface area contributed by atoms with Crippen LogP contribution in [0.5, 0.6) is 23.1 Å². The number of rotatable bonds is 1. The van der Waals surface area contributed by atoms with Gasteiger partial charge < -0.3 is 9.47 Å². The summed E-state index contributed by atoms with van der Waals surface area (Å²) in [4.78, 5) is 2.28. The lowest BCUT2D eigenvalue weighted by Crippen LogP contribution is -2.88. The van der Waals surface area contributed by atoms with Crippen LogP contribution in [0.2, 0.25) is 0 Å². The fourth-order valence-electron chi connectivity index (χ4n) is 7.09. The van der Waals surface area contributed by atoms with Crippen LogP contribution in [0.15, 0.2) is 103 Å². The van der Waals surface area contributed by atoms with E-state index in [2.05, 4.69) is 85.6 Å². The molecule has 1 atom stereocenters. The Morgan fingerprint density at radius 3 is 2.56 bits per heavy atom. The van der Waals surface area contributed by atoms with Crippen LogP contribution >= 0.6 is 0 Å². The zero-order valence-electron chi connectivity index (χ0n) is 20.3. The van der Waals surface area contributed by atoms with Crippen molar-refractivity contribution in [3.63, 3.8) is 0 Å². The minimum Gasteiger partial charge on any atom is -0.448 e. The van der Waals surface area contributed by atoms with E-state index in [0.29, 0.717) is 0 Å². The smallest absolute Gasteiger partial charge is 0.438 e. The molecule has 0 bridgehead atoms. The first kappa shape index (κ1) is 18.7. The van der Waals surface area contributed by atoms with Crippen molar-refractivity contribution in [2.45, 2.75) is 0 Å². The molecule has 4 aromatic heterocycles. The van der Waals surface area contributed by atoms with Gasteiger partial charge in [-0.25, -0.2) is 0 Å². The van der Waals surface area contributed by atoms with Gasteiger partial charge >= 0.3 is 22.9 Å². The van der Waals surface area contributed by atoms with Gasteiger partial charge in [0.1, 0.15) is 4.68 Å². The summed E-state index contributed by atoms with van der Waals surface area (Å²) in [6.45, 7) is 0. The first-order valence-corrected chi connectivity index (χ1v) is 13.0. The fraction of sp³-hybridized carbons (Fsp3) is 0. The molecule has 8 heterocycles. The highest BCUT2D eigenvalue weighted by Crippen LogP contribution is 2.56. The zero-order valence-corrected chi connectivity index (χ0v) is 20.3. The van der Waals surface area contributed by atoms with Crippen molar-refractivity contribution < 1.29 is 18.8 Å². The van der Waals surface area contributed by atoms with Gasteiger partial charge in [-0.1, -0.05) is 36.4 Å². The molecule has 11 rings (SSSR count). The van der Waals surface area contributed by atoms with Crippen LogP contribution in [0.25, 0.3) is 50.3 Å². The molecule has 4 aliphatic rings. The molecule has 1 unspecified atom stereocenters. The Morgan fingerprint density at radius 1 is 0.744 bits per heavy atom. The summed E-state index contributed by atoms with van der Waals surface area (Å²) in [6.07, 6.45) is 2.15. The Bertz CT molecular complexity index is 2300. The Labute approximate surface area is 220 Å². The van der Waals surface area contributed by atoms with E-state index in [1.165, 1.54) is 0 Å². The monoisotopic (exact) mass is 505 g/mol. The molecule has 8 nitrogen and oxygen atoms in total. The topological polar surface area (TPSA) is 49.0 Å². The maximum absolute atomic E-state index is 6.62. The second-order valence-corrected chi connectivity index (χ2v) is 10.3. The third-order valence-electron chi connectivity index (χ3n) is 8.50. The highest BCUT2D eigenvalue weighted by molar-refractivity contribution is 6.11. The number of quaternary nitrogens is 1. The maximum atomic E-state index is 6.62. The molecule has 0 fully saturated rings. The summed E-state index contributed by atoms with van der Waals surface area (Å²) in [5, 5.41) is 7.63. The van der Waals surface area contributed by atoms with Crippen LogP contribution in [0.4, 0.5) is 5.69 Å². The average molecular weight is 506 g/mol. The van der Waals surface area contributed by atoms with Crippen LogP contribution in [0, 0.1) is 0 Å². The highest BCUT2D eigenvalue weighted by atomic mass is 16.5. The average Bonchev–Trinajstić information content (AvgIpc) is 3.65. The first-order chi connectivity index (χ1) is 19.3. The molecule has 0 saturated heterocycles. The van der Waals surface area contributed by atoms with Crippen molar-refractivity contribution in [3.05, 3.63) is 103 Å². The molecule has 0 aliphatic carbocycles. The number of benzene rings is 3. The van der Waals surface area contributed by atoms with Crippen LogP contribution in [0.1, 0.15) is 0 Å². The van der Waals surface area contributed by atoms with Gasteiger partial charge in [0.15, 0.2) is 23.2 Å². The van der Waals surface area contributed by atoms with Crippen molar-refractivity contribution in [2.24, 2.45) is 0 Å². The number of aromatic nitrogens is 5. The van der Waals surface area contributed by atoms with Crippen molar-refractivity contribution in [3.8, 4) is 51.5 Å². The molecule has 0 amide bonds. The van der Waals surface area contributed by atoms with E-state index < -0.39 is 0 Å². The Hall–Kier alpha value is -5.47. The Kier molecular flexibility index (Phi) is 2.80. The first-order valence-electron chi connectivity index (χ1n) is 13.0. The quantitative estimate of drug-likeness (QED) is 0.221. The summed E-state index contributed by atoms with van der Waals surface area (Å²) < 4.78 is 20.1. The van der Waals surface area contributed by atoms with Crippen LogP contribution < -0.4 is 23.6 Å². The SMILES string of the molecule is c1ccc(-c2cc3n(n2)[N+]24c5c(ccc6c5-n5c7c(cccc7c7ccc[n+]2c75)O6)Oc2cccc-3[n+]24)cc1. The molecule has 0 saturated carbocycles. The minimum absolute atomic E-state index is 0.151. The standard InChI is InChI=1S/C31H17N6O2/c1-2-7-18(8-3-1)21-17-23-22-11-5-13-27-35(22)37(36(23)32-21)30-26(39-27)15-14-25-29(30)34-28-19(9-4-12-24(28)38-25)20-10-6-16-33(37)31(20)34/h1-17H/q+3. The number of ether oxygens (including phenoxy) is 2. The zero-order chi connectivity index (χ0) is 25.0. The number of fused-ring (bicyclic) bond motifs is 3. The van der Waals surface area contributed by atoms with E-state index in [9.17, 15) is 0 Å². The predicted molar refractivity (Wildman–Crippen MR) is 142 cm³/mol. The van der Waals surface area contributed by atoms with Gasteiger partial charge in [-0.05, 0) is 42.5 Å². The summed E-state index contributed by atoms with van der Waals surface area (Å²) in [5.74, 6) is 3.18. The lowest BCUT2D eigenvalue weighted by atomic mass is 10.1. The van der Waals surface area contributed by atoms with Gasteiger partial charge in [-0.3, -0.25) is 0 Å². The number of pyridine rings is 2. The van der Waals surface area contributed by atoms with Crippen molar-refractivity contribution in [1.29, 1.82) is 0 Å². The van der Waals surface area contributed by atoms with Crippen molar-refractivity contribution >= 4 is 27.6 Å². The molecule has 180 valence electrons. The van der Waals surface area contributed by atoms with Crippen molar-refractivity contribution in [1.82, 2.24) is 19.3 Å². The van der Waals surface area contributed by atoms with Gasteiger partial charge in [0.05, 0.1) is 17.1 Å². The van der Waals surface area contributed by atoms with Gasteiger partial charge in [0, 0.05) is 32.5 Å². The second-order valence-electron chi connectivity index (χ2n) is 10.3. The number of hydrogen-bond donors (Lipinski definition) is 0. The van der Waals surface area contributed by atoms with E-state index in [4.69, 9.17) is 14.6 Å². The fourth-order valence-corrected chi connectivity index (χ4v) is 7.09. The number of hydrogen-bond acceptors (Lipinski definition) is 3. The van der Waals surface area contributed by atoms with Gasteiger partial charge in [0.2, 0.25) is 16.3 Å². The summed E-state index contributed by atoms with van der Waals surface area (Å²) in [7, 11) is 0. The third kappa shape index (κ3) is 1.81. The lowest BCUT2D eigenvalue weighted by Gasteiger charge is -2.31. The van der Waals surface area contributed by atoms with Gasteiger partial charge in [0.25, 0.3) is 5.69 Å². The van der Waals surface area contributed by atoms with Crippen LogP contribution in [-0.4, -0.2) is 14.5 Å². The summed E-state index contributed by atoms with van der Waals surface area (Å²) >= 11 is 0. The predicted octanol–water partition coefficient (Wildman–Crippen LogP) is 5.42. The van der Waals surface area contributed by atoms with Gasteiger partial charge in [-0.15, -0.1) is 5.10 Å². The molecular weight excluding hydrogens is 488 g/mol. The van der Waals surface area contributed by atoms with E-state index >= 15 is 0 Å². The maximum Gasteiger partial charge on any atom is 0.438 e. The molecule has 7 aromatic rings. The van der Waals surface area contributed by atoms with Crippen LogP contribution in [-0.2, 0) is 0 Å². The Morgan fingerprint density at radius 2 is 1.62 bits per heavy atom. The Balaban J connectivity index is 1.42. The highest BCUT2D eigenvalue weighted by Gasteiger charge is 2.72. The number of para-hydroxylation sites is 1. The van der Waals surface area contributed by atoms with E-state index in [-0.39, 0.29) is 4.81 Å². The van der Waals surface area contributed by atoms with Crippen molar-refractivity contribution in [2.75, 3.05) is 0 Å². The molecule has 0 N–H and O–H groups in total. The van der Waals surface area contributed by atoms with E-state index in [1.54, 1.807) is 0 Å². The second kappa shape index (κ2) is 5.82. The minimum atomic E-state index is 0.151. The third-order valence-corrected chi connectivity index (χ3v) is 8.50. The van der Waals surface area contributed by atoms with E-state index in [0.717, 1.165) is 79.1 Å². The molecule has 8 heteroatoms. The van der Waals surface area contributed by atoms with Gasteiger partial charge in [-0.2, -0.15) is 4.57 Å². The number of nitrogens with zero attached hydrogens (tertiary/aromatic N) is 6. The molecular formula is C31H17N6O2+3. The lowest BCUT2D eigenvalue weighted by molar-refractivity contribution is -1.05. The normalized spacial score (nSPS) is 17.7. The molecule has 0 radical (unpaired) electrons. The molecule has 1 spiro atoms. The summed E-state index contributed by atoms with van der Waals surface area (Å²) in [6, 6.07) is 33.4. The largest absolute Gasteiger partial charge is 0.448 e. The summed E-state index contributed by atoms with van der Waals surface area (Å²) in [5.41, 5.74) is 8.12.